The van der Waals surface area contributed by atoms with E-state index in [1.807, 2.05) is 0 Å². The van der Waals surface area contributed by atoms with Crippen LogP contribution in [0, 0.1) is 18.7 Å². The fraction of sp³-hybridized carbons (Fsp3) is 0.600. The molecule has 0 radical (unpaired) electrons. The first kappa shape index (κ1) is 15.4. The number of hydrogen-bond acceptors (Lipinski definition) is 3. The van der Waals surface area contributed by atoms with E-state index in [1.165, 1.54) is 24.6 Å². The van der Waals surface area contributed by atoms with Gasteiger partial charge in [0.05, 0.1) is 10.6 Å². The molecule has 1 unspecified atom stereocenters. The van der Waals surface area contributed by atoms with Gasteiger partial charge in [0.25, 0.3) is 0 Å². The van der Waals surface area contributed by atoms with E-state index < -0.39 is 9.84 Å². The van der Waals surface area contributed by atoms with Crippen molar-refractivity contribution in [2.75, 3.05) is 5.75 Å². The predicted octanol–water partition coefficient (Wildman–Crippen LogP) is 2.82. The summed E-state index contributed by atoms with van der Waals surface area (Å²) in [6.45, 7) is 1.56. The molecule has 0 spiro atoms. The Labute approximate surface area is 120 Å². The van der Waals surface area contributed by atoms with Crippen molar-refractivity contribution >= 4 is 9.84 Å². The number of aryl methyl sites for hydroxylation is 1. The summed E-state index contributed by atoms with van der Waals surface area (Å²) in [4.78, 5) is 0.169. The fourth-order valence-electron chi connectivity index (χ4n) is 2.86. The lowest BCUT2D eigenvalue weighted by Gasteiger charge is -2.27. The van der Waals surface area contributed by atoms with E-state index in [0.717, 1.165) is 25.7 Å². The molecule has 20 heavy (non-hydrogen) atoms. The van der Waals surface area contributed by atoms with E-state index in [0.29, 0.717) is 11.5 Å². The summed E-state index contributed by atoms with van der Waals surface area (Å²) in [5.41, 5.74) is 6.43. The molecule has 1 aromatic carbocycles. The zero-order valence-electron chi connectivity index (χ0n) is 11.8. The summed E-state index contributed by atoms with van der Waals surface area (Å²) in [7, 11) is -3.44. The molecule has 2 N–H and O–H groups in total. The van der Waals surface area contributed by atoms with Crippen LogP contribution in [0.2, 0.25) is 0 Å². The molecule has 2 rings (SSSR count). The molecule has 3 nitrogen and oxygen atoms in total. The first-order chi connectivity index (χ1) is 9.40. The Morgan fingerprint density at radius 2 is 1.95 bits per heavy atom. The van der Waals surface area contributed by atoms with Gasteiger partial charge in [-0.25, -0.2) is 12.8 Å². The van der Waals surface area contributed by atoms with Crippen LogP contribution in [0.3, 0.4) is 0 Å². The van der Waals surface area contributed by atoms with Crippen molar-refractivity contribution in [3.63, 3.8) is 0 Å². The highest BCUT2D eigenvalue weighted by atomic mass is 32.2. The molecule has 1 atom stereocenters. The fourth-order valence-corrected chi connectivity index (χ4v) is 4.46. The van der Waals surface area contributed by atoms with E-state index in [1.54, 1.807) is 6.92 Å². The van der Waals surface area contributed by atoms with Crippen LogP contribution >= 0.6 is 0 Å². The van der Waals surface area contributed by atoms with E-state index in [4.69, 9.17) is 5.73 Å². The zero-order chi connectivity index (χ0) is 14.8. The smallest absolute Gasteiger partial charge is 0.179 e. The maximum absolute atomic E-state index is 13.2. The highest BCUT2D eigenvalue weighted by Gasteiger charge is 2.26. The maximum atomic E-state index is 13.2. The van der Waals surface area contributed by atoms with Gasteiger partial charge in [0.2, 0.25) is 0 Å². The van der Waals surface area contributed by atoms with Crippen LogP contribution < -0.4 is 5.73 Å². The Bertz CT molecular complexity index is 565. The molecular formula is C15H22FNO2S. The second-order valence-electron chi connectivity index (χ2n) is 5.75. The third-order valence-electron chi connectivity index (χ3n) is 4.16. The van der Waals surface area contributed by atoms with Gasteiger partial charge >= 0.3 is 0 Å². The number of nitrogens with two attached hydrogens (primary N) is 1. The zero-order valence-corrected chi connectivity index (χ0v) is 12.6. The highest BCUT2D eigenvalue weighted by molar-refractivity contribution is 7.91. The minimum atomic E-state index is -3.44. The number of benzene rings is 1. The molecule has 5 heteroatoms. The van der Waals surface area contributed by atoms with Gasteiger partial charge in [-0.05, 0) is 49.4 Å². The molecule has 112 valence electrons. The largest absolute Gasteiger partial charge is 0.327 e. The SMILES string of the molecule is Cc1cc(S(=O)(=O)CC(N)C2CCCCC2)ccc1F. The predicted molar refractivity (Wildman–Crippen MR) is 77.7 cm³/mol. The summed E-state index contributed by atoms with van der Waals surface area (Å²) >= 11 is 0. The van der Waals surface area contributed by atoms with Crippen molar-refractivity contribution < 1.29 is 12.8 Å². The van der Waals surface area contributed by atoms with Crippen LogP contribution in [-0.2, 0) is 9.84 Å². The van der Waals surface area contributed by atoms with Gasteiger partial charge in [-0.3, -0.25) is 0 Å². The van der Waals surface area contributed by atoms with Gasteiger partial charge in [0.1, 0.15) is 5.82 Å². The first-order valence-electron chi connectivity index (χ1n) is 7.14. The van der Waals surface area contributed by atoms with Crippen molar-refractivity contribution in [1.29, 1.82) is 0 Å². The number of halogens is 1. The molecule has 0 heterocycles. The highest BCUT2D eigenvalue weighted by Crippen LogP contribution is 2.27. The van der Waals surface area contributed by atoms with Crippen molar-refractivity contribution in [2.45, 2.75) is 50.0 Å². The second kappa shape index (κ2) is 6.22. The molecule has 0 aliphatic heterocycles. The van der Waals surface area contributed by atoms with Crippen LogP contribution in [-0.4, -0.2) is 20.2 Å². The molecule has 1 saturated carbocycles. The Hall–Kier alpha value is -0.940. The van der Waals surface area contributed by atoms with Gasteiger partial charge in [-0.15, -0.1) is 0 Å². The summed E-state index contributed by atoms with van der Waals surface area (Å²) in [6, 6.07) is 3.59. The third-order valence-corrected chi connectivity index (χ3v) is 5.95. The maximum Gasteiger partial charge on any atom is 0.179 e. The van der Waals surface area contributed by atoms with E-state index in [2.05, 4.69) is 0 Å². The van der Waals surface area contributed by atoms with Crippen LogP contribution in [0.15, 0.2) is 23.1 Å². The summed E-state index contributed by atoms with van der Waals surface area (Å²) < 4.78 is 37.9. The number of sulfone groups is 1. The Morgan fingerprint density at radius 1 is 1.30 bits per heavy atom. The van der Waals surface area contributed by atoms with Crippen LogP contribution in [0.4, 0.5) is 4.39 Å². The third kappa shape index (κ3) is 3.58. The van der Waals surface area contributed by atoms with Gasteiger partial charge in [-0.2, -0.15) is 0 Å². The minimum Gasteiger partial charge on any atom is -0.327 e. The summed E-state index contributed by atoms with van der Waals surface area (Å²) in [6.07, 6.45) is 5.51. The van der Waals surface area contributed by atoms with Crippen LogP contribution in [0.5, 0.6) is 0 Å². The normalized spacial score (nSPS) is 18.9. The van der Waals surface area contributed by atoms with Gasteiger partial charge in [0, 0.05) is 6.04 Å². The quantitative estimate of drug-likeness (QED) is 0.870. The van der Waals surface area contributed by atoms with E-state index in [-0.39, 0.29) is 22.5 Å². The minimum absolute atomic E-state index is 0.0528. The van der Waals surface area contributed by atoms with E-state index in [9.17, 15) is 12.8 Å². The first-order valence-corrected chi connectivity index (χ1v) is 8.80. The standard InChI is InChI=1S/C15H22FNO2S/c1-11-9-13(7-8-14(11)16)20(18,19)10-15(17)12-5-3-2-4-6-12/h7-9,12,15H,2-6,10,17H2,1H3. The van der Waals surface area contributed by atoms with E-state index >= 15 is 0 Å². The summed E-state index contributed by atoms with van der Waals surface area (Å²) in [5, 5.41) is 0. The average Bonchev–Trinajstić information content (AvgIpc) is 2.42. The van der Waals surface area contributed by atoms with Crippen molar-refractivity contribution in [3.05, 3.63) is 29.6 Å². The average molecular weight is 299 g/mol. The van der Waals surface area contributed by atoms with Gasteiger partial charge < -0.3 is 5.73 Å². The number of hydrogen-bond donors (Lipinski definition) is 1. The topological polar surface area (TPSA) is 60.2 Å². The lowest BCUT2D eigenvalue weighted by atomic mass is 9.85. The van der Waals surface area contributed by atoms with Gasteiger partial charge in [0.15, 0.2) is 9.84 Å². The monoisotopic (exact) mass is 299 g/mol. The molecular weight excluding hydrogens is 277 g/mol. The summed E-state index contributed by atoms with van der Waals surface area (Å²) in [5.74, 6) is -0.150. The number of rotatable bonds is 4. The van der Waals surface area contributed by atoms with Crippen LogP contribution in [0.25, 0.3) is 0 Å². The van der Waals surface area contributed by atoms with Crippen molar-refractivity contribution in [3.8, 4) is 0 Å². The molecule has 0 bridgehead atoms. The Kier molecular flexibility index (Phi) is 4.81. The lowest BCUT2D eigenvalue weighted by molar-refractivity contribution is 0.317. The Morgan fingerprint density at radius 3 is 2.55 bits per heavy atom. The molecule has 0 amide bonds. The Balaban J connectivity index is 2.11. The second-order valence-corrected chi connectivity index (χ2v) is 7.79. The van der Waals surface area contributed by atoms with Crippen molar-refractivity contribution in [1.82, 2.24) is 0 Å². The van der Waals surface area contributed by atoms with Crippen molar-refractivity contribution in [2.24, 2.45) is 11.7 Å². The molecule has 1 fully saturated rings. The molecule has 0 aromatic heterocycles. The molecule has 1 aliphatic rings. The molecule has 0 saturated heterocycles. The molecule has 1 aliphatic carbocycles. The molecule has 1 aromatic rings. The van der Waals surface area contributed by atoms with Crippen LogP contribution in [0.1, 0.15) is 37.7 Å². The lowest BCUT2D eigenvalue weighted by Crippen LogP contribution is -2.38. The van der Waals surface area contributed by atoms with Gasteiger partial charge in [-0.1, -0.05) is 19.3 Å².